The first kappa shape index (κ1) is 7.40. The highest BCUT2D eigenvalue weighted by Gasteiger charge is 2.29. The van der Waals surface area contributed by atoms with Gasteiger partial charge in [-0.05, 0) is 6.42 Å². The van der Waals surface area contributed by atoms with Gasteiger partial charge in [-0.15, -0.1) is 0 Å². The quantitative estimate of drug-likeness (QED) is 0.590. The molecule has 0 fully saturated rings. The number of hydrogen-bond donors (Lipinski definition) is 1. The number of allylic oxidation sites excluding steroid dienone is 2. The van der Waals surface area contributed by atoms with E-state index in [9.17, 15) is 9.90 Å². The van der Waals surface area contributed by atoms with E-state index in [0.717, 1.165) is 5.57 Å². The van der Waals surface area contributed by atoms with E-state index in [2.05, 4.69) is 0 Å². The fourth-order valence-electron chi connectivity index (χ4n) is 1.49. The van der Waals surface area contributed by atoms with Crippen LogP contribution >= 0.6 is 0 Å². The van der Waals surface area contributed by atoms with Gasteiger partial charge in [0.25, 0.3) is 0 Å². The van der Waals surface area contributed by atoms with Crippen LogP contribution in [0, 0.1) is 5.92 Å². The molecule has 2 aliphatic rings. The van der Waals surface area contributed by atoms with Gasteiger partial charge in [-0.3, -0.25) is 4.79 Å². The predicted octanol–water partition coefficient (Wildman–Crippen LogP) is 1.32. The third-order valence-corrected chi connectivity index (χ3v) is 2.28. The molecule has 0 aromatic rings. The fourth-order valence-corrected chi connectivity index (χ4v) is 1.49. The smallest absolute Gasteiger partial charge is 0.162 e. The minimum atomic E-state index is -0.0207. The van der Waals surface area contributed by atoms with Crippen LogP contribution in [-0.2, 0) is 9.53 Å². The van der Waals surface area contributed by atoms with Crippen LogP contribution in [0.1, 0.15) is 13.3 Å². The standard InChI is InChI=1S/C9H10O3/c1-5-2-6-8(11)4-12-9(6)3-7(5)10/h3,5,11H,2,4H2,1H3. The molecule has 1 N–H and O–H groups in total. The van der Waals surface area contributed by atoms with Gasteiger partial charge < -0.3 is 9.84 Å². The summed E-state index contributed by atoms with van der Waals surface area (Å²) in [6.45, 7) is 2.08. The Morgan fingerprint density at radius 1 is 1.67 bits per heavy atom. The van der Waals surface area contributed by atoms with Crippen molar-refractivity contribution in [2.24, 2.45) is 5.92 Å². The summed E-state index contributed by atoms with van der Waals surface area (Å²) >= 11 is 0. The Kier molecular flexibility index (Phi) is 1.46. The van der Waals surface area contributed by atoms with E-state index < -0.39 is 0 Å². The summed E-state index contributed by atoms with van der Waals surface area (Å²) in [5.74, 6) is 0.909. The van der Waals surface area contributed by atoms with Crippen LogP contribution in [-0.4, -0.2) is 17.5 Å². The van der Waals surface area contributed by atoms with Gasteiger partial charge in [0.1, 0.15) is 18.1 Å². The second kappa shape index (κ2) is 2.37. The van der Waals surface area contributed by atoms with Crippen LogP contribution in [0.25, 0.3) is 0 Å². The lowest BCUT2D eigenvalue weighted by Crippen LogP contribution is -2.15. The Bertz CT molecular complexity index is 299. The maximum absolute atomic E-state index is 11.2. The van der Waals surface area contributed by atoms with Crippen molar-refractivity contribution in [1.29, 1.82) is 0 Å². The second-order valence-corrected chi connectivity index (χ2v) is 3.23. The number of hydrogen-bond acceptors (Lipinski definition) is 3. The zero-order valence-corrected chi connectivity index (χ0v) is 6.83. The third-order valence-electron chi connectivity index (χ3n) is 2.28. The van der Waals surface area contributed by atoms with Crippen molar-refractivity contribution in [3.05, 3.63) is 23.2 Å². The van der Waals surface area contributed by atoms with Gasteiger partial charge in [0, 0.05) is 17.6 Å². The zero-order chi connectivity index (χ0) is 8.72. The Balaban J connectivity index is 2.41. The number of ether oxygens (including phenoxy) is 1. The summed E-state index contributed by atoms with van der Waals surface area (Å²) in [5, 5.41) is 9.33. The largest absolute Gasteiger partial charge is 0.508 e. The van der Waals surface area contributed by atoms with Crippen LogP contribution < -0.4 is 0 Å². The highest BCUT2D eigenvalue weighted by molar-refractivity contribution is 5.94. The highest BCUT2D eigenvalue weighted by atomic mass is 16.5. The Morgan fingerprint density at radius 2 is 2.42 bits per heavy atom. The number of carbonyl (C=O) groups excluding carboxylic acids is 1. The molecule has 1 heterocycles. The molecule has 1 unspecified atom stereocenters. The Morgan fingerprint density at radius 3 is 3.17 bits per heavy atom. The first-order valence-corrected chi connectivity index (χ1v) is 3.98. The Hall–Kier alpha value is -1.25. The van der Waals surface area contributed by atoms with Crippen molar-refractivity contribution in [2.75, 3.05) is 6.61 Å². The van der Waals surface area contributed by atoms with Gasteiger partial charge in [-0.1, -0.05) is 6.92 Å². The lowest BCUT2D eigenvalue weighted by Gasteiger charge is -2.15. The molecular weight excluding hydrogens is 156 g/mol. The fraction of sp³-hybridized carbons (Fsp3) is 0.444. The predicted molar refractivity (Wildman–Crippen MR) is 42.5 cm³/mol. The van der Waals surface area contributed by atoms with Crippen LogP contribution in [0.15, 0.2) is 23.2 Å². The van der Waals surface area contributed by atoms with Crippen molar-refractivity contribution in [1.82, 2.24) is 0 Å². The number of aliphatic hydroxyl groups excluding tert-OH is 1. The average molecular weight is 166 g/mol. The maximum atomic E-state index is 11.2. The first-order valence-electron chi connectivity index (χ1n) is 3.98. The number of fused-ring (bicyclic) bond motifs is 1. The van der Waals surface area contributed by atoms with Crippen LogP contribution in [0.4, 0.5) is 0 Å². The maximum Gasteiger partial charge on any atom is 0.162 e. The first-order chi connectivity index (χ1) is 5.68. The minimum absolute atomic E-state index is 0.0207. The summed E-state index contributed by atoms with van der Waals surface area (Å²) in [6.07, 6.45) is 2.09. The molecule has 0 bridgehead atoms. The molecule has 3 nitrogen and oxygen atoms in total. The highest BCUT2D eigenvalue weighted by Crippen LogP contribution is 2.33. The molecule has 0 amide bonds. The summed E-state index contributed by atoms with van der Waals surface area (Å²) in [7, 11) is 0. The van der Waals surface area contributed by atoms with Gasteiger partial charge in [-0.2, -0.15) is 0 Å². The van der Waals surface area contributed by atoms with Crippen molar-refractivity contribution < 1.29 is 14.6 Å². The summed E-state index contributed by atoms with van der Waals surface area (Å²) in [5.41, 5.74) is 0.808. The lowest BCUT2D eigenvalue weighted by molar-refractivity contribution is -0.118. The van der Waals surface area contributed by atoms with Gasteiger partial charge in [0.05, 0.1) is 0 Å². The minimum Gasteiger partial charge on any atom is -0.508 e. The molecule has 0 saturated heterocycles. The summed E-state index contributed by atoms with van der Waals surface area (Å²) in [4.78, 5) is 11.2. The van der Waals surface area contributed by atoms with Gasteiger partial charge in [0.2, 0.25) is 0 Å². The Labute approximate surface area is 70.3 Å². The van der Waals surface area contributed by atoms with Crippen molar-refractivity contribution in [3.8, 4) is 0 Å². The van der Waals surface area contributed by atoms with E-state index in [-0.39, 0.29) is 24.1 Å². The third kappa shape index (κ3) is 0.932. The molecule has 1 atom stereocenters. The molecule has 3 heteroatoms. The molecule has 0 spiro atoms. The summed E-state index contributed by atoms with van der Waals surface area (Å²) < 4.78 is 5.10. The van der Waals surface area contributed by atoms with Crippen LogP contribution in [0.5, 0.6) is 0 Å². The lowest BCUT2D eigenvalue weighted by atomic mass is 9.90. The molecule has 0 aromatic carbocycles. The molecule has 1 aliphatic carbocycles. The molecule has 1 aliphatic heterocycles. The zero-order valence-electron chi connectivity index (χ0n) is 6.83. The van der Waals surface area contributed by atoms with E-state index in [1.165, 1.54) is 6.08 Å². The average Bonchev–Trinajstić information content (AvgIpc) is 2.35. The van der Waals surface area contributed by atoms with E-state index in [1.807, 2.05) is 6.92 Å². The van der Waals surface area contributed by atoms with Crippen LogP contribution in [0.2, 0.25) is 0 Å². The van der Waals surface area contributed by atoms with Gasteiger partial charge in [0.15, 0.2) is 5.78 Å². The topological polar surface area (TPSA) is 46.5 Å². The monoisotopic (exact) mass is 166 g/mol. The number of ketones is 1. The van der Waals surface area contributed by atoms with E-state index in [4.69, 9.17) is 4.74 Å². The number of rotatable bonds is 0. The molecule has 2 rings (SSSR count). The van der Waals surface area contributed by atoms with Crippen molar-refractivity contribution >= 4 is 5.78 Å². The molecule has 12 heavy (non-hydrogen) atoms. The molecule has 64 valence electrons. The number of carbonyl (C=O) groups is 1. The van der Waals surface area contributed by atoms with Gasteiger partial charge in [-0.25, -0.2) is 0 Å². The molecule has 0 radical (unpaired) electrons. The normalized spacial score (nSPS) is 28.2. The molecular formula is C9H10O3. The molecule has 0 aromatic heterocycles. The van der Waals surface area contributed by atoms with E-state index >= 15 is 0 Å². The van der Waals surface area contributed by atoms with Gasteiger partial charge >= 0.3 is 0 Å². The van der Waals surface area contributed by atoms with Crippen molar-refractivity contribution in [3.63, 3.8) is 0 Å². The van der Waals surface area contributed by atoms with E-state index in [1.54, 1.807) is 0 Å². The van der Waals surface area contributed by atoms with E-state index in [0.29, 0.717) is 12.2 Å². The van der Waals surface area contributed by atoms with Crippen LogP contribution in [0.3, 0.4) is 0 Å². The second-order valence-electron chi connectivity index (χ2n) is 3.23. The molecule has 0 saturated carbocycles. The van der Waals surface area contributed by atoms with Crippen molar-refractivity contribution in [2.45, 2.75) is 13.3 Å². The number of aliphatic hydroxyl groups is 1. The summed E-state index contributed by atoms with van der Waals surface area (Å²) in [6, 6.07) is 0. The SMILES string of the molecule is CC1CC2=C(O)COC2=CC1=O.